The Kier molecular flexibility index (Phi) is 4.49. The molecule has 0 heterocycles. The summed E-state index contributed by atoms with van der Waals surface area (Å²) in [5, 5.41) is 0. The molecule has 0 spiro atoms. The van der Waals surface area contributed by atoms with Crippen molar-refractivity contribution in [3.63, 3.8) is 0 Å². The van der Waals surface area contributed by atoms with Gasteiger partial charge in [-0.2, -0.15) is 0 Å². The Bertz CT molecular complexity index is 363. The number of hydrogen-bond acceptors (Lipinski definition) is 3. The highest BCUT2D eigenvalue weighted by atomic mass is 79.9. The van der Waals surface area contributed by atoms with Gasteiger partial charge in [-0.3, -0.25) is 4.79 Å². The molecule has 0 fully saturated rings. The Labute approximate surface area is 96.6 Å². The fourth-order valence-electron chi connectivity index (χ4n) is 1.33. The van der Waals surface area contributed by atoms with Gasteiger partial charge in [0.05, 0.1) is 13.0 Å². The van der Waals surface area contributed by atoms with Gasteiger partial charge >= 0.3 is 5.97 Å². The molecule has 1 aromatic rings. The van der Waals surface area contributed by atoms with E-state index in [0.717, 1.165) is 16.3 Å². The summed E-state index contributed by atoms with van der Waals surface area (Å²) in [6.45, 7) is 0. The largest absolute Gasteiger partial charge is 0.469 e. The zero-order valence-corrected chi connectivity index (χ0v) is 9.86. The number of carbonyl (C=O) groups is 2. The molecular formula is C11H11BrO3. The van der Waals surface area contributed by atoms with Crippen LogP contribution in [0.15, 0.2) is 28.7 Å². The van der Waals surface area contributed by atoms with E-state index in [1.807, 2.05) is 18.2 Å². The van der Waals surface area contributed by atoms with Crippen molar-refractivity contribution in [1.29, 1.82) is 0 Å². The summed E-state index contributed by atoms with van der Waals surface area (Å²) in [6, 6.07) is 7.29. The molecular weight excluding hydrogens is 260 g/mol. The molecule has 80 valence electrons. The summed E-state index contributed by atoms with van der Waals surface area (Å²) in [6.07, 6.45) is 0.867. The molecule has 0 aliphatic heterocycles. The minimum Gasteiger partial charge on any atom is -0.469 e. The summed E-state index contributed by atoms with van der Waals surface area (Å²) in [5.74, 6) is -0.898. The van der Waals surface area contributed by atoms with Crippen molar-refractivity contribution >= 4 is 28.2 Å². The minimum atomic E-state index is -0.509. The third-order valence-electron chi connectivity index (χ3n) is 2.07. The average Bonchev–Trinajstić information content (AvgIpc) is 2.25. The van der Waals surface area contributed by atoms with E-state index in [0.29, 0.717) is 0 Å². The van der Waals surface area contributed by atoms with Gasteiger partial charge in [-0.1, -0.05) is 28.1 Å². The van der Waals surface area contributed by atoms with Gasteiger partial charge in [0.15, 0.2) is 0 Å². The lowest BCUT2D eigenvalue weighted by atomic mass is 9.97. The van der Waals surface area contributed by atoms with E-state index >= 15 is 0 Å². The summed E-state index contributed by atoms with van der Waals surface area (Å²) in [4.78, 5) is 21.9. The summed E-state index contributed by atoms with van der Waals surface area (Å²) in [7, 11) is 1.32. The monoisotopic (exact) mass is 270 g/mol. The van der Waals surface area contributed by atoms with Gasteiger partial charge in [0.1, 0.15) is 6.29 Å². The average molecular weight is 271 g/mol. The van der Waals surface area contributed by atoms with E-state index in [1.54, 1.807) is 6.07 Å². The molecule has 0 unspecified atom stereocenters. The van der Waals surface area contributed by atoms with Crippen molar-refractivity contribution in [2.24, 2.45) is 0 Å². The van der Waals surface area contributed by atoms with Crippen LogP contribution in [0.5, 0.6) is 0 Å². The maximum absolute atomic E-state index is 11.4. The number of aldehydes is 1. The summed E-state index contributed by atoms with van der Waals surface area (Å²) < 4.78 is 5.52. The van der Waals surface area contributed by atoms with Crippen molar-refractivity contribution in [3.8, 4) is 0 Å². The number of halogens is 1. The van der Waals surface area contributed by atoms with Crippen LogP contribution in [0.3, 0.4) is 0 Å². The Balaban J connectivity index is 2.98. The first kappa shape index (κ1) is 11.9. The lowest BCUT2D eigenvalue weighted by molar-refractivity contribution is -0.143. The highest BCUT2D eigenvalue weighted by Crippen LogP contribution is 2.23. The number of benzene rings is 1. The van der Waals surface area contributed by atoms with Crippen LogP contribution >= 0.6 is 15.9 Å². The first-order valence-electron chi connectivity index (χ1n) is 4.46. The third-order valence-corrected chi connectivity index (χ3v) is 2.56. The molecule has 4 heteroatoms. The van der Waals surface area contributed by atoms with E-state index in [-0.39, 0.29) is 12.4 Å². The minimum absolute atomic E-state index is 0.142. The summed E-state index contributed by atoms with van der Waals surface area (Å²) in [5.41, 5.74) is 0.781. The van der Waals surface area contributed by atoms with Crippen LogP contribution < -0.4 is 0 Å². The SMILES string of the molecule is COC(=O)[C@@H](CC=O)c1cccc(Br)c1. The van der Waals surface area contributed by atoms with Gasteiger partial charge in [0.25, 0.3) is 0 Å². The van der Waals surface area contributed by atoms with Crippen LogP contribution in [-0.4, -0.2) is 19.4 Å². The molecule has 0 saturated heterocycles. The smallest absolute Gasteiger partial charge is 0.313 e. The fraction of sp³-hybridized carbons (Fsp3) is 0.273. The molecule has 0 saturated carbocycles. The first-order valence-corrected chi connectivity index (χ1v) is 5.25. The molecule has 0 amide bonds. The molecule has 1 aromatic carbocycles. The second-order valence-corrected chi connectivity index (χ2v) is 3.95. The number of rotatable bonds is 4. The first-order chi connectivity index (χ1) is 7.19. The lowest BCUT2D eigenvalue weighted by Gasteiger charge is -2.12. The fourth-order valence-corrected chi connectivity index (χ4v) is 1.75. The van der Waals surface area contributed by atoms with Crippen molar-refractivity contribution in [2.75, 3.05) is 7.11 Å². The second-order valence-electron chi connectivity index (χ2n) is 3.03. The summed E-state index contributed by atoms with van der Waals surface area (Å²) >= 11 is 3.31. The Morgan fingerprint density at radius 1 is 1.60 bits per heavy atom. The molecule has 15 heavy (non-hydrogen) atoms. The van der Waals surface area contributed by atoms with E-state index in [2.05, 4.69) is 20.7 Å². The molecule has 1 atom stereocenters. The molecule has 0 aliphatic carbocycles. The van der Waals surface area contributed by atoms with Gasteiger partial charge < -0.3 is 9.53 Å². The molecule has 0 radical (unpaired) electrons. The Morgan fingerprint density at radius 3 is 2.87 bits per heavy atom. The van der Waals surface area contributed by atoms with E-state index < -0.39 is 5.92 Å². The normalized spacial score (nSPS) is 11.9. The van der Waals surface area contributed by atoms with Crippen molar-refractivity contribution in [1.82, 2.24) is 0 Å². The van der Waals surface area contributed by atoms with Gasteiger partial charge in [-0.25, -0.2) is 0 Å². The molecule has 3 nitrogen and oxygen atoms in total. The maximum atomic E-state index is 11.4. The Morgan fingerprint density at radius 2 is 2.33 bits per heavy atom. The van der Waals surface area contributed by atoms with Gasteiger partial charge in [0, 0.05) is 10.9 Å². The van der Waals surface area contributed by atoms with Crippen molar-refractivity contribution in [3.05, 3.63) is 34.3 Å². The quantitative estimate of drug-likeness (QED) is 0.623. The van der Waals surface area contributed by atoms with Crippen LogP contribution in [0.4, 0.5) is 0 Å². The van der Waals surface area contributed by atoms with Crippen molar-refractivity contribution in [2.45, 2.75) is 12.3 Å². The molecule has 0 bridgehead atoms. The van der Waals surface area contributed by atoms with E-state index in [1.165, 1.54) is 7.11 Å². The van der Waals surface area contributed by atoms with Crippen LogP contribution in [0.25, 0.3) is 0 Å². The number of esters is 1. The highest BCUT2D eigenvalue weighted by molar-refractivity contribution is 9.10. The van der Waals surface area contributed by atoms with Gasteiger partial charge in [-0.05, 0) is 17.7 Å². The third kappa shape index (κ3) is 3.16. The molecule has 1 rings (SSSR count). The topological polar surface area (TPSA) is 43.4 Å². The Hall–Kier alpha value is -1.16. The predicted molar refractivity (Wildman–Crippen MR) is 59.6 cm³/mol. The van der Waals surface area contributed by atoms with E-state index in [4.69, 9.17) is 0 Å². The second kappa shape index (κ2) is 5.66. The van der Waals surface area contributed by atoms with E-state index in [9.17, 15) is 9.59 Å². The van der Waals surface area contributed by atoms with Crippen molar-refractivity contribution < 1.29 is 14.3 Å². The van der Waals surface area contributed by atoms with Crippen LogP contribution in [0.2, 0.25) is 0 Å². The van der Waals surface area contributed by atoms with Crippen LogP contribution in [0, 0.1) is 0 Å². The molecule has 0 N–H and O–H groups in total. The van der Waals surface area contributed by atoms with Gasteiger partial charge in [-0.15, -0.1) is 0 Å². The highest BCUT2D eigenvalue weighted by Gasteiger charge is 2.20. The number of ether oxygens (including phenoxy) is 1. The molecule has 0 aliphatic rings. The number of methoxy groups -OCH3 is 1. The molecule has 0 aromatic heterocycles. The predicted octanol–water partition coefficient (Wildman–Crippen LogP) is 2.29. The van der Waals surface area contributed by atoms with Crippen LogP contribution in [0.1, 0.15) is 17.9 Å². The zero-order chi connectivity index (χ0) is 11.3. The lowest BCUT2D eigenvalue weighted by Crippen LogP contribution is -2.14. The standard InChI is InChI=1S/C11H11BrO3/c1-15-11(14)10(5-6-13)8-3-2-4-9(12)7-8/h2-4,6-7,10H,5H2,1H3/t10-/m0/s1. The number of hydrogen-bond donors (Lipinski definition) is 0. The maximum Gasteiger partial charge on any atom is 0.313 e. The zero-order valence-electron chi connectivity index (χ0n) is 8.27. The van der Waals surface area contributed by atoms with Gasteiger partial charge in [0.2, 0.25) is 0 Å². The van der Waals surface area contributed by atoms with Crippen LogP contribution in [-0.2, 0) is 14.3 Å². The number of carbonyl (C=O) groups excluding carboxylic acids is 2.